The Morgan fingerprint density at radius 1 is 1.30 bits per heavy atom. The largest absolute Gasteiger partial charge is 0.378 e. The highest BCUT2D eigenvalue weighted by Gasteiger charge is 2.37. The molecule has 7 nitrogen and oxygen atoms in total. The number of morpholine rings is 1. The maximum Gasteiger partial charge on any atom is 0.254 e. The minimum atomic E-state index is -0.162. The van der Waals surface area contributed by atoms with Crippen LogP contribution in [0.2, 0.25) is 0 Å². The highest BCUT2D eigenvalue weighted by atomic mass is 16.5. The summed E-state index contributed by atoms with van der Waals surface area (Å²) >= 11 is 0. The molecule has 27 heavy (non-hydrogen) atoms. The summed E-state index contributed by atoms with van der Waals surface area (Å²) < 4.78 is 7.83. The van der Waals surface area contributed by atoms with Crippen LogP contribution in [0.3, 0.4) is 0 Å². The molecular formula is C20H29N5O2. The van der Waals surface area contributed by atoms with Crippen LogP contribution in [0.1, 0.15) is 22.0 Å². The van der Waals surface area contributed by atoms with Crippen molar-refractivity contribution in [3.05, 3.63) is 47.8 Å². The lowest BCUT2D eigenvalue weighted by molar-refractivity contribution is -0.0684. The number of amides is 1. The Morgan fingerprint density at radius 2 is 2.07 bits per heavy atom. The van der Waals surface area contributed by atoms with E-state index in [0.29, 0.717) is 18.7 Å². The molecule has 0 N–H and O–H groups in total. The van der Waals surface area contributed by atoms with Gasteiger partial charge in [0.1, 0.15) is 0 Å². The Bertz CT molecular complexity index is 786. The molecule has 0 aliphatic carbocycles. The first-order valence-corrected chi connectivity index (χ1v) is 9.20. The van der Waals surface area contributed by atoms with Gasteiger partial charge in [-0.3, -0.25) is 9.48 Å². The zero-order valence-corrected chi connectivity index (χ0v) is 16.8. The molecular weight excluding hydrogens is 342 g/mol. The van der Waals surface area contributed by atoms with Gasteiger partial charge in [0.15, 0.2) is 0 Å². The molecule has 7 heteroatoms. The van der Waals surface area contributed by atoms with Gasteiger partial charge in [0.25, 0.3) is 5.91 Å². The lowest BCUT2D eigenvalue weighted by Crippen LogP contribution is -2.51. The monoisotopic (exact) mass is 371 g/mol. The Hall–Kier alpha value is -2.38. The number of carbonyl (C=O) groups excluding carboxylic acids is 1. The summed E-state index contributed by atoms with van der Waals surface area (Å²) in [6.07, 6.45) is 3.70. The average Bonchev–Trinajstić information content (AvgIpc) is 3.06. The molecule has 2 heterocycles. The van der Waals surface area contributed by atoms with E-state index in [-0.39, 0.29) is 18.1 Å². The molecule has 0 bridgehead atoms. The third kappa shape index (κ3) is 4.31. The smallest absolute Gasteiger partial charge is 0.254 e. The molecule has 0 unspecified atom stereocenters. The van der Waals surface area contributed by atoms with Crippen LogP contribution in [-0.4, -0.2) is 79.5 Å². The lowest BCUT2D eigenvalue weighted by Gasteiger charge is -2.42. The van der Waals surface area contributed by atoms with Crippen LogP contribution < -0.4 is 4.90 Å². The van der Waals surface area contributed by atoms with Gasteiger partial charge >= 0.3 is 0 Å². The lowest BCUT2D eigenvalue weighted by atomic mass is 9.99. The van der Waals surface area contributed by atoms with E-state index >= 15 is 0 Å². The predicted octanol–water partition coefficient (Wildman–Crippen LogP) is 1.63. The van der Waals surface area contributed by atoms with Gasteiger partial charge in [-0.25, -0.2) is 0 Å². The molecule has 2 atom stereocenters. The number of anilines is 1. The van der Waals surface area contributed by atoms with E-state index in [9.17, 15) is 4.79 Å². The quantitative estimate of drug-likeness (QED) is 0.800. The van der Waals surface area contributed by atoms with Crippen LogP contribution in [0, 0.1) is 0 Å². The molecule has 1 aromatic heterocycles. The zero-order valence-electron chi connectivity index (χ0n) is 16.8. The molecule has 0 saturated carbocycles. The number of aryl methyl sites for hydroxylation is 1. The van der Waals surface area contributed by atoms with E-state index < -0.39 is 0 Å². The second kappa shape index (κ2) is 8.10. The van der Waals surface area contributed by atoms with Crippen LogP contribution >= 0.6 is 0 Å². The van der Waals surface area contributed by atoms with E-state index in [1.807, 2.05) is 81.7 Å². The molecule has 2 aromatic rings. The maximum absolute atomic E-state index is 13.4. The topological polar surface area (TPSA) is 53.8 Å². The second-order valence-electron chi connectivity index (χ2n) is 7.51. The summed E-state index contributed by atoms with van der Waals surface area (Å²) in [5.41, 5.74) is 2.71. The second-order valence-corrected chi connectivity index (χ2v) is 7.51. The number of benzene rings is 1. The van der Waals surface area contributed by atoms with E-state index in [0.717, 1.165) is 17.8 Å². The van der Waals surface area contributed by atoms with Crippen molar-refractivity contribution < 1.29 is 9.53 Å². The van der Waals surface area contributed by atoms with E-state index in [1.54, 1.807) is 4.68 Å². The van der Waals surface area contributed by atoms with Gasteiger partial charge < -0.3 is 19.4 Å². The number of carbonyl (C=O) groups is 1. The van der Waals surface area contributed by atoms with Crippen molar-refractivity contribution in [2.24, 2.45) is 7.05 Å². The molecule has 3 rings (SSSR count). The third-order valence-electron chi connectivity index (χ3n) is 4.83. The molecule has 0 spiro atoms. The van der Waals surface area contributed by atoms with Gasteiger partial charge in [0, 0.05) is 57.2 Å². The average molecular weight is 371 g/mol. The molecule has 1 aliphatic heterocycles. The summed E-state index contributed by atoms with van der Waals surface area (Å²) in [6.45, 7) is 1.84. The maximum atomic E-state index is 13.4. The van der Waals surface area contributed by atoms with Crippen molar-refractivity contribution in [1.82, 2.24) is 19.6 Å². The molecule has 1 fully saturated rings. The van der Waals surface area contributed by atoms with Crippen molar-refractivity contribution in [1.29, 1.82) is 0 Å². The zero-order chi connectivity index (χ0) is 19.6. The van der Waals surface area contributed by atoms with Crippen LogP contribution in [0.25, 0.3) is 0 Å². The summed E-state index contributed by atoms with van der Waals surface area (Å²) in [4.78, 5) is 19.4. The van der Waals surface area contributed by atoms with E-state index in [1.165, 1.54) is 0 Å². The van der Waals surface area contributed by atoms with E-state index in [4.69, 9.17) is 4.74 Å². The number of rotatable bonds is 5. The third-order valence-corrected chi connectivity index (χ3v) is 4.83. The normalized spacial score (nSPS) is 20.1. The minimum absolute atomic E-state index is 0.0274. The van der Waals surface area contributed by atoms with Gasteiger partial charge in [-0.15, -0.1) is 0 Å². The van der Waals surface area contributed by atoms with Crippen LogP contribution in [0.5, 0.6) is 0 Å². The summed E-state index contributed by atoms with van der Waals surface area (Å²) in [7, 11) is 9.88. The van der Waals surface area contributed by atoms with Gasteiger partial charge in [0.2, 0.25) is 0 Å². The fraction of sp³-hybridized carbons (Fsp3) is 0.500. The highest BCUT2D eigenvalue weighted by molar-refractivity contribution is 5.95. The Kier molecular flexibility index (Phi) is 5.82. The Labute approximate surface area is 161 Å². The standard InChI is InChI=1S/C20H29N5O2/c1-22(2)14-18-19(16-12-21-24(5)13-16)25(9-10-27-18)20(26)15-7-6-8-17(11-15)23(3)4/h6-8,11-13,18-19H,9-10,14H2,1-5H3/t18-,19-/m0/s1. The first-order chi connectivity index (χ1) is 12.9. The first-order valence-electron chi connectivity index (χ1n) is 9.20. The van der Waals surface area contributed by atoms with Crippen LogP contribution in [0.15, 0.2) is 36.7 Å². The molecule has 0 radical (unpaired) electrons. The van der Waals surface area contributed by atoms with Crippen LogP contribution in [-0.2, 0) is 11.8 Å². The minimum Gasteiger partial charge on any atom is -0.378 e. The predicted molar refractivity (Wildman–Crippen MR) is 106 cm³/mol. The SMILES string of the molecule is CN(C)C[C@@H]1OCCN(C(=O)c2cccc(N(C)C)c2)[C@H]1c1cnn(C)c1. The van der Waals surface area contributed by atoms with Crippen molar-refractivity contribution in [2.75, 3.05) is 52.8 Å². The highest BCUT2D eigenvalue weighted by Crippen LogP contribution is 2.31. The number of hydrogen-bond acceptors (Lipinski definition) is 5. The molecule has 1 aliphatic rings. The summed E-state index contributed by atoms with van der Waals surface area (Å²) in [5.74, 6) is 0.0274. The Morgan fingerprint density at radius 3 is 2.70 bits per heavy atom. The molecule has 1 aromatic carbocycles. The fourth-order valence-corrected chi connectivity index (χ4v) is 3.54. The Balaban J connectivity index is 1.95. The first kappa shape index (κ1) is 19.4. The number of ether oxygens (including phenoxy) is 1. The van der Waals surface area contributed by atoms with E-state index in [2.05, 4.69) is 10.00 Å². The number of nitrogens with zero attached hydrogens (tertiary/aromatic N) is 5. The van der Waals surface area contributed by atoms with Crippen molar-refractivity contribution >= 4 is 11.6 Å². The molecule has 1 saturated heterocycles. The van der Waals surface area contributed by atoms with Crippen molar-refractivity contribution in [3.63, 3.8) is 0 Å². The van der Waals surface area contributed by atoms with Gasteiger partial charge in [-0.05, 0) is 32.3 Å². The molecule has 146 valence electrons. The van der Waals surface area contributed by atoms with Crippen molar-refractivity contribution in [3.8, 4) is 0 Å². The molecule has 1 amide bonds. The summed E-state index contributed by atoms with van der Waals surface area (Å²) in [5, 5.41) is 4.31. The van der Waals surface area contributed by atoms with Gasteiger partial charge in [-0.1, -0.05) is 6.07 Å². The van der Waals surface area contributed by atoms with Crippen molar-refractivity contribution in [2.45, 2.75) is 12.1 Å². The summed E-state index contributed by atoms with van der Waals surface area (Å²) in [6, 6.07) is 7.60. The number of likely N-dealkylation sites (N-methyl/N-ethyl adjacent to an activating group) is 1. The number of hydrogen-bond donors (Lipinski definition) is 0. The van der Waals surface area contributed by atoms with Gasteiger partial charge in [-0.2, -0.15) is 5.10 Å². The number of aromatic nitrogens is 2. The van der Waals surface area contributed by atoms with Gasteiger partial charge in [0.05, 0.1) is 24.9 Å². The fourth-order valence-electron chi connectivity index (χ4n) is 3.54. The van der Waals surface area contributed by atoms with Crippen LogP contribution in [0.4, 0.5) is 5.69 Å².